The van der Waals surface area contributed by atoms with Gasteiger partial charge in [0.15, 0.2) is 6.19 Å². The van der Waals surface area contributed by atoms with E-state index in [0.29, 0.717) is 38.2 Å². The fraction of sp³-hybridized carbons (Fsp3) is 0.812. The molecule has 0 aromatic heterocycles. The summed E-state index contributed by atoms with van der Waals surface area (Å²) in [4.78, 5) is 15.6. The Morgan fingerprint density at radius 2 is 1.92 bits per heavy atom. The van der Waals surface area contributed by atoms with E-state index in [-0.39, 0.29) is 17.9 Å². The number of guanidine groups is 1. The summed E-state index contributed by atoms with van der Waals surface area (Å²) >= 11 is 0. The third-order valence-corrected chi connectivity index (χ3v) is 6.71. The zero-order valence-electron chi connectivity index (χ0n) is 14.7. The third-order valence-electron chi connectivity index (χ3n) is 5.30. The van der Waals surface area contributed by atoms with E-state index in [1.54, 1.807) is 0 Å². The molecular formula is C16H27N5O4S. The van der Waals surface area contributed by atoms with Crippen LogP contribution in [0.3, 0.4) is 0 Å². The maximum atomic E-state index is 11.4. The van der Waals surface area contributed by atoms with E-state index in [4.69, 9.17) is 15.5 Å². The van der Waals surface area contributed by atoms with Gasteiger partial charge in [0.1, 0.15) is 0 Å². The normalized spacial score (nSPS) is 30.2. The van der Waals surface area contributed by atoms with Crippen molar-refractivity contribution in [3.8, 4) is 6.19 Å². The topological polar surface area (TPSA) is 158 Å². The number of nitrogens with two attached hydrogens (primary N) is 1. The Kier molecular flexibility index (Phi) is 7.23. The lowest BCUT2D eigenvalue weighted by Crippen LogP contribution is -2.45. The number of primary sulfonamides is 1. The van der Waals surface area contributed by atoms with Crippen LogP contribution in [-0.4, -0.2) is 43.3 Å². The van der Waals surface area contributed by atoms with Gasteiger partial charge in [-0.15, -0.1) is 0 Å². The standard InChI is InChI=1S/C16H27N5O4S/c17-10-20-16(21-13-3-1-2-12(8-13)15(22)23)19-9-11-4-6-14(7-5-11)26(18,24)25/h11-14H,1-9H2,(H,22,23)(H2,18,24,25)(H2,19,20,21). The molecule has 0 saturated heterocycles. The molecule has 2 saturated carbocycles. The minimum atomic E-state index is -3.47. The lowest BCUT2D eigenvalue weighted by atomic mass is 9.86. The monoisotopic (exact) mass is 385 g/mol. The molecule has 26 heavy (non-hydrogen) atoms. The number of hydrogen-bond donors (Lipinski definition) is 4. The van der Waals surface area contributed by atoms with Crippen molar-refractivity contribution >= 4 is 22.0 Å². The van der Waals surface area contributed by atoms with Crippen LogP contribution in [0.2, 0.25) is 0 Å². The molecule has 2 rings (SSSR count). The molecule has 5 N–H and O–H groups in total. The predicted molar refractivity (Wildman–Crippen MR) is 96.4 cm³/mol. The molecule has 0 amide bonds. The van der Waals surface area contributed by atoms with Gasteiger partial charge < -0.3 is 10.4 Å². The molecule has 2 fully saturated rings. The van der Waals surface area contributed by atoms with Gasteiger partial charge in [-0.05, 0) is 50.9 Å². The highest BCUT2D eigenvalue weighted by molar-refractivity contribution is 7.89. The highest BCUT2D eigenvalue weighted by atomic mass is 32.2. The number of rotatable bonds is 5. The van der Waals surface area contributed by atoms with Crippen molar-refractivity contribution < 1.29 is 18.3 Å². The molecule has 0 aromatic carbocycles. The van der Waals surface area contributed by atoms with Gasteiger partial charge in [-0.1, -0.05) is 6.42 Å². The van der Waals surface area contributed by atoms with Gasteiger partial charge in [-0.25, -0.2) is 13.6 Å². The molecule has 0 heterocycles. The van der Waals surface area contributed by atoms with Crippen LogP contribution in [0.15, 0.2) is 4.99 Å². The zero-order valence-corrected chi connectivity index (χ0v) is 15.5. The second kappa shape index (κ2) is 9.19. The summed E-state index contributed by atoms with van der Waals surface area (Å²) in [5.74, 6) is -0.534. The largest absolute Gasteiger partial charge is 0.481 e. The highest BCUT2D eigenvalue weighted by Gasteiger charge is 2.29. The van der Waals surface area contributed by atoms with E-state index >= 15 is 0 Å². The first-order valence-electron chi connectivity index (χ1n) is 9.00. The number of carboxylic acid groups (broad SMARTS) is 1. The fourth-order valence-electron chi connectivity index (χ4n) is 3.78. The highest BCUT2D eigenvalue weighted by Crippen LogP contribution is 2.28. The summed E-state index contributed by atoms with van der Waals surface area (Å²) in [5, 5.41) is 28.5. The Labute approximate surface area is 154 Å². The van der Waals surface area contributed by atoms with Crippen LogP contribution in [0.4, 0.5) is 0 Å². The van der Waals surface area contributed by atoms with Gasteiger partial charge in [0.05, 0.1) is 11.2 Å². The summed E-state index contributed by atoms with van der Waals surface area (Å²) in [6.45, 7) is 0.490. The number of hydrogen-bond acceptors (Lipinski definition) is 5. The number of nitriles is 1. The van der Waals surface area contributed by atoms with E-state index in [1.165, 1.54) is 0 Å². The van der Waals surface area contributed by atoms with Gasteiger partial charge in [-0.2, -0.15) is 5.26 Å². The average molecular weight is 385 g/mol. The second-order valence-corrected chi connectivity index (χ2v) is 9.05. The van der Waals surface area contributed by atoms with Gasteiger partial charge in [0, 0.05) is 12.6 Å². The Hall–Kier alpha value is -1.86. The molecule has 2 unspecified atom stereocenters. The minimum absolute atomic E-state index is 0.0254. The van der Waals surface area contributed by atoms with Crippen molar-refractivity contribution in [2.45, 2.75) is 62.7 Å². The van der Waals surface area contributed by atoms with Gasteiger partial charge in [0.25, 0.3) is 0 Å². The van der Waals surface area contributed by atoms with Crippen molar-refractivity contribution in [1.82, 2.24) is 10.6 Å². The zero-order chi connectivity index (χ0) is 19.2. The van der Waals surface area contributed by atoms with E-state index < -0.39 is 21.2 Å². The molecule has 0 bridgehead atoms. The summed E-state index contributed by atoms with van der Waals surface area (Å²) in [5.41, 5.74) is 0. The van der Waals surface area contributed by atoms with Crippen LogP contribution in [0.5, 0.6) is 0 Å². The second-order valence-electron chi connectivity index (χ2n) is 7.20. The van der Waals surface area contributed by atoms with Crippen molar-refractivity contribution in [3.05, 3.63) is 0 Å². The van der Waals surface area contributed by atoms with Crippen molar-refractivity contribution in [2.24, 2.45) is 22.0 Å². The fourth-order valence-corrected chi connectivity index (χ4v) is 4.71. The molecular weight excluding hydrogens is 358 g/mol. The molecule has 0 aliphatic heterocycles. The van der Waals surface area contributed by atoms with Crippen LogP contribution in [0.1, 0.15) is 51.4 Å². The third kappa shape index (κ3) is 6.14. The Morgan fingerprint density at radius 1 is 1.23 bits per heavy atom. The van der Waals surface area contributed by atoms with Crippen LogP contribution in [0, 0.1) is 23.3 Å². The summed E-state index contributed by atoms with van der Waals surface area (Å²) < 4.78 is 22.8. The number of aliphatic carboxylic acids is 1. The minimum Gasteiger partial charge on any atom is -0.481 e. The molecule has 9 nitrogen and oxygen atoms in total. The molecule has 0 radical (unpaired) electrons. The van der Waals surface area contributed by atoms with Crippen molar-refractivity contribution in [1.29, 1.82) is 5.26 Å². The maximum absolute atomic E-state index is 11.4. The lowest BCUT2D eigenvalue weighted by molar-refractivity contribution is -0.143. The number of aliphatic imine (C=N–C) groups is 1. The molecule has 146 valence electrons. The molecule has 2 atom stereocenters. The molecule has 0 aromatic rings. The average Bonchev–Trinajstić information content (AvgIpc) is 2.60. The van der Waals surface area contributed by atoms with E-state index in [0.717, 1.165) is 25.7 Å². The van der Waals surface area contributed by atoms with Crippen molar-refractivity contribution in [2.75, 3.05) is 6.54 Å². The molecule has 2 aliphatic carbocycles. The van der Waals surface area contributed by atoms with Gasteiger partial charge in [0.2, 0.25) is 16.0 Å². The molecule has 10 heteroatoms. The quantitative estimate of drug-likeness (QED) is 0.232. The van der Waals surface area contributed by atoms with E-state index in [9.17, 15) is 13.2 Å². The summed E-state index contributed by atoms with van der Waals surface area (Å²) in [6.07, 6.45) is 7.25. The van der Waals surface area contributed by atoms with Crippen molar-refractivity contribution in [3.63, 3.8) is 0 Å². The Bertz CT molecular complexity index is 665. The Morgan fingerprint density at radius 3 is 2.50 bits per heavy atom. The van der Waals surface area contributed by atoms with Crippen LogP contribution < -0.4 is 15.8 Å². The van der Waals surface area contributed by atoms with Crippen LogP contribution in [0.25, 0.3) is 0 Å². The first-order chi connectivity index (χ1) is 12.3. The summed E-state index contributed by atoms with van der Waals surface area (Å²) in [6, 6.07) is -0.0254. The van der Waals surface area contributed by atoms with Crippen LogP contribution in [-0.2, 0) is 14.8 Å². The first kappa shape index (κ1) is 20.5. The number of sulfonamides is 1. The SMILES string of the molecule is N#CNC(=NCC1CCC(S(N)(=O)=O)CC1)NC1CCCC(C(=O)O)C1. The molecule has 0 spiro atoms. The first-order valence-corrected chi connectivity index (χ1v) is 10.6. The number of nitrogens with one attached hydrogen (secondary N) is 2. The Balaban J connectivity index is 1.87. The van der Waals surface area contributed by atoms with Gasteiger partial charge in [-0.3, -0.25) is 15.1 Å². The lowest BCUT2D eigenvalue weighted by Gasteiger charge is -2.29. The van der Waals surface area contributed by atoms with E-state index in [2.05, 4.69) is 15.6 Å². The number of carbonyl (C=O) groups is 1. The maximum Gasteiger partial charge on any atom is 0.306 e. The number of nitrogens with zero attached hydrogens (tertiary/aromatic N) is 2. The molecule has 2 aliphatic rings. The van der Waals surface area contributed by atoms with E-state index in [1.807, 2.05) is 6.19 Å². The predicted octanol–water partition coefficient (Wildman–Crippen LogP) is 0.493. The van der Waals surface area contributed by atoms with Gasteiger partial charge >= 0.3 is 5.97 Å². The van der Waals surface area contributed by atoms with Crippen LogP contribution >= 0.6 is 0 Å². The summed E-state index contributed by atoms with van der Waals surface area (Å²) in [7, 11) is -3.47. The smallest absolute Gasteiger partial charge is 0.306 e. The number of carboxylic acids is 1.